The number of rotatable bonds is 9. The smallest absolute Gasteiger partial charge is 0.304 e. The zero-order valence-corrected chi connectivity index (χ0v) is 18.3. The molecule has 1 heterocycles. The molecular weight excluding hydrogens is 376 g/mol. The Morgan fingerprint density at radius 3 is 2.54 bits per heavy atom. The number of benzene rings is 1. The number of hydrogen-bond donors (Lipinski definition) is 1. The van der Waals surface area contributed by atoms with Crippen LogP contribution in [0.3, 0.4) is 0 Å². The molecule has 1 N–H and O–H groups in total. The number of carbonyl (C=O) groups is 1. The van der Waals surface area contributed by atoms with Crippen LogP contribution >= 0.6 is 0 Å². The topological polar surface area (TPSA) is 73.0 Å². The molecule has 1 atom stereocenters. The van der Waals surface area contributed by atoms with Gasteiger partial charge in [-0.15, -0.1) is 0 Å². The number of hydrogen-bond acceptors (Lipinski definition) is 4. The van der Waals surface area contributed by atoms with Crippen molar-refractivity contribution in [2.24, 2.45) is 5.92 Å². The number of carbonyl (C=O) groups excluding carboxylic acids is 1. The lowest BCUT2D eigenvalue weighted by atomic mass is 10.0. The molecule has 0 spiro atoms. The predicted octanol–water partition coefficient (Wildman–Crippen LogP) is 1.85. The number of aryl methyl sites for hydroxylation is 1. The van der Waals surface area contributed by atoms with Crippen molar-refractivity contribution in [2.75, 3.05) is 51.1 Å². The minimum atomic E-state index is -3.76. The van der Waals surface area contributed by atoms with Gasteiger partial charge in [-0.2, -0.15) is 12.7 Å². The fourth-order valence-corrected chi connectivity index (χ4v) is 4.48. The molecule has 1 saturated heterocycles. The minimum absolute atomic E-state index is 0.232. The lowest BCUT2D eigenvalue weighted by Gasteiger charge is -2.30. The van der Waals surface area contributed by atoms with E-state index in [0.29, 0.717) is 12.2 Å². The summed E-state index contributed by atoms with van der Waals surface area (Å²) < 4.78 is 27.6. The van der Waals surface area contributed by atoms with E-state index in [1.807, 2.05) is 19.1 Å². The Labute approximate surface area is 169 Å². The first-order chi connectivity index (χ1) is 13.2. The molecule has 1 aromatic rings. The van der Waals surface area contributed by atoms with Crippen LogP contribution in [0.4, 0.5) is 5.69 Å². The van der Waals surface area contributed by atoms with Gasteiger partial charge in [0.1, 0.15) is 6.54 Å². The van der Waals surface area contributed by atoms with Gasteiger partial charge in [-0.3, -0.25) is 4.79 Å². The van der Waals surface area contributed by atoms with E-state index >= 15 is 0 Å². The van der Waals surface area contributed by atoms with Gasteiger partial charge in [-0.1, -0.05) is 24.6 Å². The molecule has 0 radical (unpaired) electrons. The van der Waals surface area contributed by atoms with Crippen molar-refractivity contribution in [3.8, 4) is 0 Å². The number of nitrogens with one attached hydrogen (secondary N) is 1. The van der Waals surface area contributed by atoms with E-state index in [2.05, 4.69) is 17.1 Å². The molecule has 158 valence electrons. The van der Waals surface area contributed by atoms with Crippen LogP contribution in [-0.2, 0) is 15.0 Å². The first-order valence-corrected chi connectivity index (χ1v) is 11.4. The summed E-state index contributed by atoms with van der Waals surface area (Å²) in [6.07, 6.45) is 3.40. The van der Waals surface area contributed by atoms with Crippen LogP contribution in [0.25, 0.3) is 0 Å². The molecule has 2 rings (SSSR count). The third-order valence-corrected chi connectivity index (χ3v) is 6.88. The van der Waals surface area contributed by atoms with E-state index in [9.17, 15) is 13.2 Å². The van der Waals surface area contributed by atoms with Gasteiger partial charge in [0, 0.05) is 27.2 Å². The molecule has 0 bridgehead atoms. The van der Waals surface area contributed by atoms with Crippen molar-refractivity contribution in [1.82, 2.24) is 14.5 Å². The van der Waals surface area contributed by atoms with E-state index in [4.69, 9.17) is 0 Å². The average molecular weight is 411 g/mol. The fourth-order valence-electron chi connectivity index (χ4n) is 3.42. The summed E-state index contributed by atoms with van der Waals surface area (Å²) in [6.45, 7) is 7.74. The second-order valence-electron chi connectivity index (χ2n) is 7.88. The maximum atomic E-state index is 12.7. The number of amides is 1. The van der Waals surface area contributed by atoms with Crippen molar-refractivity contribution >= 4 is 21.8 Å². The summed E-state index contributed by atoms with van der Waals surface area (Å²) >= 11 is 0. The van der Waals surface area contributed by atoms with Gasteiger partial charge in [-0.05, 0) is 57.3 Å². The summed E-state index contributed by atoms with van der Waals surface area (Å²) in [7, 11) is -0.824. The molecule has 1 amide bonds. The quantitative estimate of drug-likeness (QED) is 0.631. The monoisotopic (exact) mass is 410 g/mol. The third-order valence-electron chi connectivity index (χ3n) is 5.06. The van der Waals surface area contributed by atoms with Crippen LogP contribution in [0.15, 0.2) is 24.3 Å². The van der Waals surface area contributed by atoms with Gasteiger partial charge in [0.15, 0.2) is 0 Å². The zero-order chi connectivity index (χ0) is 20.7. The summed E-state index contributed by atoms with van der Waals surface area (Å²) in [6, 6.07) is 7.12. The van der Waals surface area contributed by atoms with Crippen LogP contribution in [0.2, 0.25) is 0 Å². The lowest BCUT2D eigenvalue weighted by molar-refractivity contribution is -0.119. The number of piperidine rings is 1. The van der Waals surface area contributed by atoms with Crippen molar-refractivity contribution in [3.05, 3.63) is 29.8 Å². The van der Waals surface area contributed by atoms with E-state index in [1.165, 1.54) is 26.9 Å². The normalized spacial score (nSPS) is 18.2. The zero-order valence-electron chi connectivity index (χ0n) is 17.5. The van der Waals surface area contributed by atoms with Gasteiger partial charge in [0.2, 0.25) is 5.91 Å². The van der Waals surface area contributed by atoms with Crippen LogP contribution in [0.1, 0.15) is 31.7 Å². The molecule has 1 aliphatic heterocycles. The van der Waals surface area contributed by atoms with E-state index in [-0.39, 0.29) is 12.5 Å². The summed E-state index contributed by atoms with van der Waals surface area (Å²) in [4.78, 5) is 14.9. The van der Waals surface area contributed by atoms with Gasteiger partial charge in [-0.25, -0.2) is 4.31 Å². The Hall–Kier alpha value is -1.64. The van der Waals surface area contributed by atoms with Crippen molar-refractivity contribution in [1.29, 1.82) is 0 Å². The van der Waals surface area contributed by atoms with Gasteiger partial charge < -0.3 is 10.2 Å². The molecule has 0 saturated carbocycles. The summed E-state index contributed by atoms with van der Waals surface area (Å²) in [5, 5.41) is 2.87. The van der Waals surface area contributed by atoms with Gasteiger partial charge in [0.25, 0.3) is 0 Å². The molecule has 8 heteroatoms. The molecule has 7 nitrogen and oxygen atoms in total. The van der Waals surface area contributed by atoms with Gasteiger partial charge >= 0.3 is 10.2 Å². The van der Waals surface area contributed by atoms with Crippen molar-refractivity contribution < 1.29 is 13.2 Å². The molecule has 1 aromatic carbocycles. The average Bonchev–Trinajstić information content (AvgIpc) is 2.64. The Balaban J connectivity index is 1.90. The highest BCUT2D eigenvalue weighted by Gasteiger charge is 2.27. The number of nitrogens with zero attached hydrogens (tertiary/aromatic N) is 3. The minimum Gasteiger partial charge on any atom is -0.354 e. The maximum absolute atomic E-state index is 12.7. The third kappa shape index (κ3) is 6.46. The van der Waals surface area contributed by atoms with E-state index in [1.54, 1.807) is 12.1 Å². The molecule has 1 fully saturated rings. The first kappa shape index (κ1) is 22.6. The second-order valence-corrected chi connectivity index (χ2v) is 9.95. The van der Waals surface area contributed by atoms with Crippen LogP contribution in [-0.4, -0.2) is 70.3 Å². The highest BCUT2D eigenvalue weighted by atomic mass is 32.2. The van der Waals surface area contributed by atoms with Crippen LogP contribution < -0.4 is 9.62 Å². The summed E-state index contributed by atoms with van der Waals surface area (Å²) in [5.74, 6) is 0.445. The van der Waals surface area contributed by atoms with E-state index in [0.717, 1.165) is 46.1 Å². The molecule has 1 aliphatic rings. The van der Waals surface area contributed by atoms with Crippen molar-refractivity contribution in [2.45, 2.75) is 33.1 Å². The standard InChI is InChI=1S/C20H34N4O3S/c1-17-8-10-19(11-9-17)24(28(26,27)22(3)4)16-20(25)21-12-6-14-23-13-5-7-18(2)15-23/h8-11,18H,5-7,12-16H2,1-4H3,(H,21,25)/t18-/m0/s1. The van der Waals surface area contributed by atoms with E-state index < -0.39 is 10.2 Å². The molecule has 28 heavy (non-hydrogen) atoms. The Bertz CT molecular complexity index is 734. The summed E-state index contributed by atoms with van der Waals surface area (Å²) in [5.41, 5.74) is 1.51. The Morgan fingerprint density at radius 1 is 1.25 bits per heavy atom. The Kier molecular flexibility index (Phi) is 8.27. The first-order valence-electron chi connectivity index (χ1n) is 9.96. The lowest BCUT2D eigenvalue weighted by Crippen LogP contribution is -2.46. The highest BCUT2D eigenvalue weighted by Crippen LogP contribution is 2.20. The molecule has 0 aliphatic carbocycles. The number of likely N-dealkylation sites (tertiary alicyclic amines) is 1. The Morgan fingerprint density at radius 2 is 1.93 bits per heavy atom. The fraction of sp³-hybridized carbons (Fsp3) is 0.650. The van der Waals surface area contributed by atoms with Gasteiger partial charge in [0.05, 0.1) is 5.69 Å². The van der Waals surface area contributed by atoms with Crippen LogP contribution in [0, 0.1) is 12.8 Å². The highest BCUT2D eigenvalue weighted by molar-refractivity contribution is 7.90. The largest absolute Gasteiger partial charge is 0.354 e. The molecular formula is C20H34N4O3S. The maximum Gasteiger partial charge on any atom is 0.304 e. The van der Waals surface area contributed by atoms with Crippen molar-refractivity contribution in [3.63, 3.8) is 0 Å². The SMILES string of the molecule is Cc1ccc(N(CC(=O)NCCCN2CCC[C@H](C)C2)S(=O)(=O)N(C)C)cc1. The number of anilines is 1. The molecule has 0 unspecified atom stereocenters. The van der Waals surface area contributed by atoms with Crippen LogP contribution in [0.5, 0.6) is 0 Å². The second kappa shape index (κ2) is 10.2. The predicted molar refractivity (Wildman–Crippen MR) is 114 cm³/mol. The molecule has 0 aromatic heterocycles.